The SMILES string of the molecule is CCCC(C)(CC)Cc1ccncc1. The maximum absolute atomic E-state index is 4.05. The van der Waals surface area contributed by atoms with Crippen molar-refractivity contribution in [3.8, 4) is 0 Å². The van der Waals surface area contributed by atoms with E-state index in [0.717, 1.165) is 0 Å². The van der Waals surface area contributed by atoms with Gasteiger partial charge in [0.1, 0.15) is 0 Å². The van der Waals surface area contributed by atoms with Gasteiger partial charge in [-0.3, -0.25) is 4.98 Å². The Kier molecular flexibility index (Phi) is 4.12. The summed E-state index contributed by atoms with van der Waals surface area (Å²) >= 11 is 0. The molecule has 0 radical (unpaired) electrons. The second kappa shape index (κ2) is 5.14. The third kappa shape index (κ3) is 3.13. The lowest BCUT2D eigenvalue weighted by molar-refractivity contribution is 0.279. The van der Waals surface area contributed by atoms with Gasteiger partial charge in [0.25, 0.3) is 0 Å². The molecule has 0 aliphatic rings. The number of pyridine rings is 1. The van der Waals surface area contributed by atoms with Gasteiger partial charge in [-0.25, -0.2) is 0 Å². The highest BCUT2D eigenvalue weighted by Gasteiger charge is 2.20. The monoisotopic (exact) mass is 191 g/mol. The molecule has 0 amide bonds. The van der Waals surface area contributed by atoms with Crippen LogP contribution in [-0.2, 0) is 6.42 Å². The van der Waals surface area contributed by atoms with Crippen LogP contribution in [0.5, 0.6) is 0 Å². The molecule has 1 rings (SSSR count). The fourth-order valence-corrected chi connectivity index (χ4v) is 1.99. The summed E-state index contributed by atoms with van der Waals surface area (Å²) in [5, 5.41) is 0. The average Bonchev–Trinajstić information content (AvgIpc) is 2.20. The minimum Gasteiger partial charge on any atom is -0.265 e. The zero-order valence-corrected chi connectivity index (χ0v) is 9.59. The van der Waals surface area contributed by atoms with Crippen molar-refractivity contribution < 1.29 is 0 Å². The molecule has 0 aromatic carbocycles. The molecule has 0 fully saturated rings. The molecule has 0 aliphatic heterocycles. The van der Waals surface area contributed by atoms with Crippen LogP contribution < -0.4 is 0 Å². The van der Waals surface area contributed by atoms with E-state index in [2.05, 4.69) is 37.9 Å². The molecule has 78 valence electrons. The third-order valence-corrected chi connectivity index (χ3v) is 3.09. The van der Waals surface area contributed by atoms with Gasteiger partial charge >= 0.3 is 0 Å². The van der Waals surface area contributed by atoms with Crippen LogP contribution in [0.1, 0.15) is 45.6 Å². The van der Waals surface area contributed by atoms with Gasteiger partial charge in [-0.15, -0.1) is 0 Å². The topological polar surface area (TPSA) is 12.9 Å². The highest BCUT2D eigenvalue weighted by Crippen LogP contribution is 2.31. The van der Waals surface area contributed by atoms with E-state index in [1.807, 2.05) is 12.4 Å². The number of hydrogen-bond donors (Lipinski definition) is 0. The first-order valence-electron chi connectivity index (χ1n) is 5.59. The lowest BCUT2D eigenvalue weighted by Crippen LogP contribution is -2.18. The predicted molar refractivity (Wildman–Crippen MR) is 61.2 cm³/mol. The van der Waals surface area contributed by atoms with Gasteiger partial charge in [0.05, 0.1) is 0 Å². The van der Waals surface area contributed by atoms with Crippen molar-refractivity contribution >= 4 is 0 Å². The zero-order valence-electron chi connectivity index (χ0n) is 9.59. The van der Waals surface area contributed by atoms with E-state index >= 15 is 0 Å². The summed E-state index contributed by atoms with van der Waals surface area (Å²) in [7, 11) is 0. The number of hydrogen-bond acceptors (Lipinski definition) is 1. The maximum atomic E-state index is 4.05. The maximum Gasteiger partial charge on any atom is 0.0270 e. The van der Waals surface area contributed by atoms with Gasteiger partial charge in [0.15, 0.2) is 0 Å². The Hall–Kier alpha value is -0.850. The van der Waals surface area contributed by atoms with Crippen molar-refractivity contribution in [3.05, 3.63) is 30.1 Å². The quantitative estimate of drug-likeness (QED) is 0.689. The van der Waals surface area contributed by atoms with Crippen molar-refractivity contribution in [3.63, 3.8) is 0 Å². The number of nitrogens with zero attached hydrogens (tertiary/aromatic N) is 1. The summed E-state index contributed by atoms with van der Waals surface area (Å²) < 4.78 is 0. The zero-order chi connectivity index (χ0) is 10.4. The summed E-state index contributed by atoms with van der Waals surface area (Å²) in [6.45, 7) is 6.94. The van der Waals surface area contributed by atoms with E-state index < -0.39 is 0 Å². The smallest absolute Gasteiger partial charge is 0.0270 e. The molecule has 1 nitrogen and oxygen atoms in total. The Morgan fingerprint density at radius 2 is 1.86 bits per heavy atom. The summed E-state index contributed by atoms with van der Waals surface area (Å²) in [6.07, 6.45) is 8.79. The molecule has 1 atom stereocenters. The van der Waals surface area contributed by atoms with Crippen LogP contribution in [0, 0.1) is 5.41 Å². The van der Waals surface area contributed by atoms with E-state index in [9.17, 15) is 0 Å². The Labute approximate surface area is 87.6 Å². The van der Waals surface area contributed by atoms with Crippen LogP contribution in [0.25, 0.3) is 0 Å². The third-order valence-electron chi connectivity index (χ3n) is 3.09. The fourth-order valence-electron chi connectivity index (χ4n) is 1.99. The molecule has 0 spiro atoms. The number of rotatable bonds is 5. The Morgan fingerprint density at radius 3 is 2.36 bits per heavy atom. The second-order valence-electron chi connectivity index (χ2n) is 4.45. The molecular weight excluding hydrogens is 170 g/mol. The Bertz CT molecular complexity index is 255. The molecule has 1 heterocycles. The first kappa shape index (κ1) is 11.2. The molecule has 0 saturated carbocycles. The number of aromatic nitrogens is 1. The summed E-state index contributed by atoms with van der Waals surface area (Å²) in [5.74, 6) is 0. The normalized spacial score (nSPS) is 15.1. The minimum atomic E-state index is 0.468. The van der Waals surface area contributed by atoms with Gasteiger partial charge in [0, 0.05) is 12.4 Å². The van der Waals surface area contributed by atoms with Crippen molar-refractivity contribution in [1.29, 1.82) is 0 Å². The Morgan fingerprint density at radius 1 is 1.21 bits per heavy atom. The van der Waals surface area contributed by atoms with Crippen LogP contribution in [0.2, 0.25) is 0 Å². The molecule has 1 heteroatoms. The lowest BCUT2D eigenvalue weighted by Gasteiger charge is -2.27. The molecule has 1 unspecified atom stereocenters. The highest BCUT2D eigenvalue weighted by molar-refractivity contribution is 5.11. The van der Waals surface area contributed by atoms with Crippen LogP contribution in [0.4, 0.5) is 0 Å². The summed E-state index contributed by atoms with van der Waals surface area (Å²) in [4.78, 5) is 4.05. The lowest BCUT2D eigenvalue weighted by atomic mass is 9.78. The van der Waals surface area contributed by atoms with Crippen LogP contribution in [-0.4, -0.2) is 4.98 Å². The largest absolute Gasteiger partial charge is 0.265 e. The van der Waals surface area contributed by atoms with E-state index in [-0.39, 0.29) is 0 Å². The van der Waals surface area contributed by atoms with E-state index in [1.165, 1.54) is 31.2 Å². The Balaban J connectivity index is 2.65. The van der Waals surface area contributed by atoms with Gasteiger partial charge in [-0.05, 0) is 36.0 Å². The highest BCUT2D eigenvalue weighted by atomic mass is 14.6. The van der Waals surface area contributed by atoms with Gasteiger partial charge in [-0.2, -0.15) is 0 Å². The molecular formula is C13H21N. The molecule has 0 saturated heterocycles. The molecule has 0 aliphatic carbocycles. The van der Waals surface area contributed by atoms with Crippen molar-refractivity contribution in [2.24, 2.45) is 5.41 Å². The summed E-state index contributed by atoms with van der Waals surface area (Å²) in [5.41, 5.74) is 1.88. The van der Waals surface area contributed by atoms with E-state index in [1.54, 1.807) is 0 Å². The summed E-state index contributed by atoms with van der Waals surface area (Å²) in [6, 6.07) is 4.26. The van der Waals surface area contributed by atoms with Crippen molar-refractivity contribution in [2.75, 3.05) is 0 Å². The van der Waals surface area contributed by atoms with E-state index in [0.29, 0.717) is 5.41 Å². The predicted octanol–water partition coefficient (Wildman–Crippen LogP) is 3.84. The van der Waals surface area contributed by atoms with Gasteiger partial charge in [0.2, 0.25) is 0 Å². The van der Waals surface area contributed by atoms with Gasteiger partial charge < -0.3 is 0 Å². The molecule has 1 aromatic rings. The molecule has 1 aromatic heterocycles. The first-order valence-corrected chi connectivity index (χ1v) is 5.59. The van der Waals surface area contributed by atoms with Crippen LogP contribution >= 0.6 is 0 Å². The van der Waals surface area contributed by atoms with Crippen molar-refractivity contribution in [1.82, 2.24) is 4.98 Å². The minimum absolute atomic E-state index is 0.468. The van der Waals surface area contributed by atoms with Crippen molar-refractivity contribution in [2.45, 2.75) is 46.5 Å². The van der Waals surface area contributed by atoms with Gasteiger partial charge in [-0.1, -0.05) is 33.6 Å². The second-order valence-corrected chi connectivity index (χ2v) is 4.45. The first-order chi connectivity index (χ1) is 6.70. The standard InChI is InChI=1S/C13H21N/c1-4-8-13(3,5-2)11-12-6-9-14-10-7-12/h6-7,9-10H,4-5,8,11H2,1-3H3. The van der Waals surface area contributed by atoms with Crippen LogP contribution in [0.3, 0.4) is 0 Å². The molecule has 0 N–H and O–H groups in total. The average molecular weight is 191 g/mol. The molecule has 0 bridgehead atoms. The fraction of sp³-hybridized carbons (Fsp3) is 0.615. The van der Waals surface area contributed by atoms with Crippen LogP contribution in [0.15, 0.2) is 24.5 Å². The van der Waals surface area contributed by atoms with E-state index in [4.69, 9.17) is 0 Å². The molecule has 14 heavy (non-hydrogen) atoms.